The number of carbonyl (C=O) groups is 1. The molecule has 2 fully saturated rings. The van der Waals surface area contributed by atoms with Crippen LogP contribution in [0.5, 0.6) is 0 Å². The van der Waals surface area contributed by atoms with E-state index in [1.54, 1.807) is 23.5 Å². The summed E-state index contributed by atoms with van der Waals surface area (Å²) in [6.07, 6.45) is 2.19. The van der Waals surface area contributed by atoms with E-state index in [2.05, 4.69) is 0 Å². The normalized spacial score (nSPS) is 41.7. The van der Waals surface area contributed by atoms with Gasteiger partial charge in [-0.3, -0.25) is 4.79 Å². The number of thioether (sulfide) groups is 2. The van der Waals surface area contributed by atoms with Gasteiger partial charge in [0.1, 0.15) is 5.41 Å². The molecule has 0 amide bonds. The molecule has 2 rings (SSSR count). The van der Waals surface area contributed by atoms with Crippen LogP contribution in [-0.2, 0) is 4.79 Å². The third-order valence-electron chi connectivity index (χ3n) is 3.54. The van der Waals surface area contributed by atoms with E-state index in [9.17, 15) is 15.0 Å². The summed E-state index contributed by atoms with van der Waals surface area (Å²) < 4.78 is 0. The van der Waals surface area contributed by atoms with Crippen LogP contribution < -0.4 is 0 Å². The molecule has 0 aromatic heterocycles. The van der Waals surface area contributed by atoms with E-state index in [1.165, 1.54) is 0 Å². The molecule has 15 heavy (non-hydrogen) atoms. The highest BCUT2D eigenvalue weighted by Gasteiger charge is 2.57. The Labute approximate surface area is 98.0 Å². The van der Waals surface area contributed by atoms with Crippen LogP contribution in [-0.4, -0.2) is 44.8 Å². The van der Waals surface area contributed by atoms with Crippen LogP contribution >= 0.6 is 23.5 Å². The Balaban J connectivity index is 2.26. The molecular weight excluding hydrogens is 232 g/mol. The van der Waals surface area contributed by atoms with Gasteiger partial charge in [-0.1, -0.05) is 0 Å². The average Bonchev–Trinajstić information content (AvgIpc) is 2.69. The molecular formula is C10H16O3S2. The monoisotopic (exact) mass is 248 g/mol. The zero-order valence-corrected chi connectivity index (χ0v) is 10.2. The first-order valence-electron chi connectivity index (χ1n) is 5.22. The summed E-state index contributed by atoms with van der Waals surface area (Å²) in [5.74, 6) is 2.25. The largest absolute Gasteiger partial charge is 0.481 e. The molecule has 3 nitrogen and oxygen atoms in total. The molecule has 2 saturated heterocycles. The van der Waals surface area contributed by atoms with Crippen LogP contribution in [0, 0.1) is 5.41 Å². The molecule has 0 bridgehead atoms. The lowest BCUT2D eigenvalue weighted by Gasteiger charge is -2.43. The summed E-state index contributed by atoms with van der Waals surface area (Å²) in [4.78, 5) is 11.4. The van der Waals surface area contributed by atoms with E-state index in [4.69, 9.17) is 0 Å². The fourth-order valence-electron chi connectivity index (χ4n) is 2.46. The van der Waals surface area contributed by atoms with Crippen molar-refractivity contribution in [2.75, 3.05) is 23.0 Å². The maximum Gasteiger partial charge on any atom is 0.313 e. The van der Waals surface area contributed by atoms with Gasteiger partial charge in [0.05, 0.1) is 5.60 Å². The molecule has 2 N–H and O–H groups in total. The van der Waals surface area contributed by atoms with Gasteiger partial charge in [0.2, 0.25) is 0 Å². The lowest BCUT2D eigenvalue weighted by molar-refractivity contribution is -0.164. The van der Waals surface area contributed by atoms with Crippen molar-refractivity contribution in [3.05, 3.63) is 0 Å². The van der Waals surface area contributed by atoms with Crippen molar-refractivity contribution in [3.8, 4) is 0 Å². The SMILES string of the molecule is O=C(O)C1(C2(O)CCCSC2)CCSC1. The van der Waals surface area contributed by atoms with Gasteiger partial charge in [-0.2, -0.15) is 23.5 Å². The Morgan fingerprint density at radius 3 is 2.33 bits per heavy atom. The summed E-state index contributed by atoms with van der Waals surface area (Å²) in [6.45, 7) is 0. The minimum Gasteiger partial charge on any atom is -0.481 e. The number of aliphatic carboxylic acids is 1. The molecule has 0 aromatic rings. The second kappa shape index (κ2) is 4.18. The fraction of sp³-hybridized carbons (Fsp3) is 0.900. The predicted molar refractivity (Wildman–Crippen MR) is 63.5 cm³/mol. The first kappa shape index (κ1) is 11.6. The molecule has 2 atom stereocenters. The minimum atomic E-state index is -0.981. The molecule has 0 spiro atoms. The van der Waals surface area contributed by atoms with E-state index in [0.717, 1.165) is 17.9 Å². The Morgan fingerprint density at radius 2 is 1.87 bits per heavy atom. The maximum absolute atomic E-state index is 11.4. The molecule has 2 unspecified atom stereocenters. The standard InChI is InChI=1S/C10H16O3S2/c11-8(12)9(3-5-15-6-9)10(13)2-1-4-14-7-10/h13H,1-7H2,(H,11,12). The van der Waals surface area contributed by atoms with Crippen molar-refractivity contribution in [2.24, 2.45) is 5.41 Å². The van der Waals surface area contributed by atoms with Crippen LogP contribution in [0.1, 0.15) is 19.3 Å². The minimum absolute atomic E-state index is 0.569. The van der Waals surface area contributed by atoms with E-state index < -0.39 is 17.0 Å². The van der Waals surface area contributed by atoms with Gasteiger partial charge >= 0.3 is 5.97 Å². The lowest BCUT2D eigenvalue weighted by Crippen LogP contribution is -2.56. The van der Waals surface area contributed by atoms with Gasteiger partial charge < -0.3 is 10.2 Å². The predicted octanol–water partition coefficient (Wildman–Crippen LogP) is 1.45. The van der Waals surface area contributed by atoms with Crippen molar-refractivity contribution in [1.82, 2.24) is 0 Å². The van der Waals surface area contributed by atoms with Crippen molar-refractivity contribution in [2.45, 2.75) is 24.9 Å². The third-order valence-corrected chi connectivity index (χ3v) is 5.99. The second-order valence-electron chi connectivity index (χ2n) is 4.38. The number of carboxylic acids is 1. The number of hydrogen-bond acceptors (Lipinski definition) is 4. The second-order valence-corrected chi connectivity index (χ2v) is 6.59. The molecule has 0 aromatic carbocycles. The average molecular weight is 248 g/mol. The molecule has 0 saturated carbocycles. The van der Waals surface area contributed by atoms with Crippen molar-refractivity contribution in [1.29, 1.82) is 0 Å². The van der Waals surface area contributed by atoms with Gasteiger partial charge in [-0.15, -0.1) is 0 Å². The topological polar surface area (TPSA) is 57.5 Å². The molecule has 2 aliphatic rings. The van der Waals surface area contributed by atoms with E-state index in [-0.39, 0.29) is 0 Å². The van der Waals surface area contributed by atoms with Crippen molar-refractivity contribution in [3.63, 3.8) is 0 Å². The van der Waals surface area contributed by atoms with E-state index >= 15 is 0 Å². The lowest BCUT2D eigenvalue weighted by atomic mass is 9.70. The van der Waals surface area contributed by atoms with Gasteiger partial charge in [0.25, 0.3) is 0 Å². The zero-order chi connectivity index (χ0) is 10.9. The first-order chi connectivity index (χ1) is 7.11. The van der Waals surface area contributed by atoms with Gasteiger partial charge in [0.15, 0.2) is 0 Å². The molecule has 5 heteroatoms. The van der Waals surface area contributed by atoms with Crippen LogP contribution in [0.3, 0.4) is 0 Å². The smallest absolute Gasteiger partial charge is 0.313 e. The van der Waals surface area contributed by atoms with Crippen LogP contribution in [0.25, 0.3) is 0 Å². The van der Waals surface area contributed by atoms with Gasteiger partial charge in [0, 0.05) is 11.5 Å². The zero-order valence-electron chi connectivity index (χ0n) is 8.57. The first-order valence-corrected chi connectivity index (χ1v) is 7.53. The van der Waals surface area contributed by atoms with Crippen LogP contribution in [0.2, 0.25) is 0 Å². The number of hydrogen-bond donors (Lipinski definition) is 2. The maximum atomic E-state index is 11.4. The highest BCUT2D eigenvalue weighted by Crippen LogP contribution is 2.49. The molecule has 0 radical (unpaired) electrons. The van der Waals surface area contributed by atoms with Crippen LogP contribution in [0.15, 0.2) is 0 Å². The molecule has 2 aliphatic heterocycles. The van der Waals surface area contributed by atoms with E-state index in [1.807, 2.05) is 0 Å². The summed E-state index contributed by atoms with van der Waals surface area (Å²) >= 11 is 3.33. The fourth-order valence-corrected chi connectivity index (χ4v) is 5.23. The number of aliphatic hydroxyl groups is 1. The Morgan fingerprint density at radius 1 is 1.13 bits per heavy atom. The summed E-state index contributed by atoms with van der Waals surface area (Å²) in [7, 11) is 0. The quantitative estimate of drug-likeness (QED) is 0.774. The molecule has 86 valence electrons. The summed E-state index contributed by atoms with van der Waals surface area (Å²) in [5.41, 5.74) is -1.86. The number of carboxylic acid groups (broad SMARTS) is 1. The van der Waals surface area contributed by atoms with Crippen LogP contribution in [0.4, 0.5) is 0 Å². The highest BCUT2D eigenvalue weighted by atomic mass is 32.2. The third kappa shape index (κ3) is 1.78. The Hall–Kier alpha value is 0.130. The summed E-state index contributed by atoms with van der Waals surface area (Å²) in [5, 5.41) is 20.0. The Kier molecular flexibility index (Phi) is 3.24. The van der Waals surface area contributed by atoms with Crippen molar-refractivity contribution >= 4 is 29.5 Å². The molecule has 2 heterocycles. The van der Waals surface area contributed by atoms with Gasteiger partial charge in [-0.05, 0) is 30.8 Å². The molecule has 0 aliphatic carbocycles. The van der Waals surface area contributed by atoms with Gasteiger partial charge in [-0.25, -0.2) is 0 Å². The van der Waals surface area contributed by atoms with Crippen molar-refractivity contribution < 1.29 is 15.0 Å². The van der Waals surface area contributed by atoms with E-state index in [0.29, 0.717) is 24.3 Å². The summed E-state index contributed by atoms with van der Waals surface area (Å²) in [6, 6.07) is 0. The Bertz CT molecular complexity index is 255. The number of rotatable bonds is 2. The highest BCUT2D eigenvalue weighted by molar-refractivity contribution is 7.99.